The molecule has 0 fully saturated rings. The number of nitrogens with one attached hydrogen (secondary N) is 1. The van der Waals surface area contributed by atoms with Crippen molar-refractivity contribution in [2.45, 2.75) is 26.8 Å². The van der Waals surface area contributed by atoms with Crippen molar-refractivity contribution in [3.05, 3.63) is 46.8 Å². The average molecular weight is 260 g/mol. The van der Waals surface area contributed by atoms with Crippen molar-refractivity contribution in [2.75, 3.05) is 13.7 Å². The molecule has 1 aromatic heterocycles. The number of rotatable bonds is 6. The average Bonchev–Trinajstić information content (AvgIpc) is 2.75. The van der Waals surface area contributed by atoms with Crippen molar-refractivity contribution < 1.29 is 9.26 Å². The maximum Gasteiger partial charge on any atom is 0.138 e. The second kappa shape index (κ2) is 6.38. The van der Waals surface area contributed by atoms with Crippen LogP contribution in [0.15, 0.2) is 28.8 Å². The van der Waals surface area contributed by atoms with Gasteiger partial charge in [-0.1, -0.05) is 23.4 Å². The minimum atomic E-state index is 0.788. The van der Waals surface area contributed by atoms with Crippen molar-refractivity contribution >= 4 is 0 Å². The molecule has 0 radical (unpaired) electrons. The van der Waals surface area contributed by atoms with Gasteiger partial charge in [-0.05, 0) is 38.4 Å². The molecule has 102 valence electrons. The summed E-state index contributed by atoms with van der Waals surface area (Å²) < 4.78 is 10.5. The molecule has 2 rings (SSSR count). The van der Waals surface area contributed by atoms with Crippen LogP contribution in [0.3, 0.4) is 0 Å². The number of nitrogens with zero attached hydrogens (tertiary/aromatic N) is 1. The first-order chi connectivity index (χ1) is 9.22. The second-order valence-electron chi connectivity index (χ2n) is 4.54. The van der Waals surface area contributed by atoms with Crippen LogP contribution in [0.4, 0.5) is 0 Å². The van der Waals surface area contributed by atoms with Gasteiger partial charge >= 0.3 is 0 Å². The van der Waals surface area contributed by atoms with E-state index in [1.165, 1.54) is 5.56 Å². The van der Waals surface area contributed by atoms with Crippen LogP contribution in [0.1, 0.15) is 22.6 Å². The first-order valence-electron chi connectivity index (χ1n) is 6.46. The van der Waals surface area contributed by atoms with Gasteiger partial charge in [0, 0.05) is 12.1 Å². The summed E-state index contributed by atoms with van der Waals surface area (Å²) in [5.74, 6) is 1.84. The predicted octanol–water partition coefficient (Wildman–Crippen LogP) is 2.63. The van der Waals surface area contributed by atoms with Crippen molar-refractivity contribution in [3.63, 3.8) is 0 Å². The van der Waals surface area contributed by atoms with Crippen molar-refractivity contribution in [3.8, 4) is 5.75 Å². The third-order valence-electron chi connectivity index (χ3n) is 3.25. The predicted molar refractivity (Wildman–Crippen MR) is 74.4 cm³/mol. The number of methoxy groups -OCH3 is 1. The maximum atomic E-state index is 5.33. The van der Waals surface area contributed by atoms with E-state index in [-0.39, 0.29) is 0 Å². The zero-order chi connectivity index (χ0) is 13.7. The van der Waals surface area contributed by atoms with Gasteiger partial charge in [0.25, 0.3) is 0 Å². The lowest BCUT2D eigenvalue weighted by Crippen LogP contribution is -2.17. The molecule has 1 N–H and O–H groups in total. The van der Waals surface area contributed by atoms with E-state index in [9.17, 15) is 0 Å². The summed E-state index contributed by atoms with van der Waals surface area (Å²) in [5, 5.41) is 7.36. The van der Waals surface area contributed by atoms with E-state index in [1.807, 2.05) is 32.0 Å². The van der Waals surface area contributed by atoms with Crippen LogP contribution in [0.25, 0.3) is 0 Å². The van der Waals surface area contributed by atoms with Crippen LogP contribution in [-0.4, -0.2) is 18.8 Å². The summed E-state index contributed by atoms with van der Waals surface area (Å²) in [6, 6.07) is 8.10. The summed E-state index contributed by atoms with van der Waals surface area (Å²) in [4.78, 5) is 0. The quantitative estimate of drug-likeness (QED) is 0.811. The summed E-state index contributed by atoms with van der Waals surface area (Å²) >= 11 is 0. The fourth-order valence-electron chi connectivity index (χ4n) is 2.10. The van der Waals surface area contributed by atoms with Gasteiger partial charge in [0.2, 0.25) is 0 Å². The van der Waals surface area contributed by atoms with Crippen molar-refractivity contribution in [1.29, 1.82) is 0 Å². The fraction of sp³-hybridized carbons (Fsp3) is 0.400. The lowest BCUT2D eigenvalue weighted by Gasteiger charge is -2.08. The Hall–Kier alpha value is -1.81. The highest BCUT2D eigenvalue weighted by Crippen LogP contribution is 2.17. The molecule has 0 saturated heterocycles. The number of para-hydroxylation sites is 1. The Balaban J connectivity index is 1.84. The molecule has 4 nitrogen and oxygen atoms in total. The molecule has 2 aromatic rings. The smallest absolute Gasteiger partial charge is 0.138 e. The van der Waals surface area contributed by atoms with Crippen LogP contribution in [0.2, 0.25) is 0 Å². The van der Waals surface area contributed by atoms with E-state index >= 15 is 0 Å². The first kappa shape index (κ1) is 13.6. The molecule has 19 heavy (non-hydrogen) atoms. The lowest BCUT2D eigenvalue weighted by atomic mass is 10.1. The van der Waals surface area contributed by atoms with Crippen LogP contribution in [-0.2, 0) is 13.0 Å². The Morgan fingerprint density at radius 3 is 2.74 bits per heavy atom. The summed E-state index contributed by atoms with van der Waals surface area (Å²) in [5.41, 5.74) is 3.33. The van der Waals surface area contributed by atoms with E-state index in [0.29, 0.717) is 0 Å². The third-order valence-corrected chi connectivity index (χ3v) is 3.25. The molecule has 0 saturated carbocycles. The molecule has 0 atom stereocenters. The highest BCUT2D eigenvalue weighted by molar-refractivity contribution is 5.33. The fourth-order valence-corrected chi connectivity index (χ4v) is 2.10. The number of benzene rings is 1. The van der Waals surface area contributed by atoms with Crippen LogP contribution >= 0.6 is 0 Å². The molecule has 0 unspecified atom stereocenters. The number of aryl methyl sites for hydroxylation is 2. The van der Waals surface area contributed by atoms with Crippen LogP contribution in [0, 0.1) is 13.8 Å². The molecule has 0 aliphatic heterocycles. The van der Waals surface area contributed by atoms with E-state index in [2.05, 4.69) is 16.5 Å². The van der Waals surface area contributed by atoms with E-state index in [0.717, 1.165) is 42.3 Å². The molecule has 0 spiro atoms. The number of hydrogen-bond donors (Lipinski definition) is 1. The molecule has 1 aromatic carbocycles. The minimum absolute atomic E-state index is 0.788. The van der Waals surface area contributed by atoms with Gasteiger partial charge in [-0.3, -0.25) is 0 Å². The zero-order valence-electron chi connectivity index (χ0n) is 11.7. The van der Waals surface area contributed by atoms with E-state index in [1.54, 1.807) is 7.11 Å². The third kappa shape index (κ3) is 3.35. The Morgan fingerprint density at radius 1 is 1.26 bits per heavy atom. The standard InChI is InChI=1S/C15H20N2O2/c1-11-14(12(2)19-17-11)10-16-9-8-13-6-4-5-7-15(13)18-3/h4-7,16H,8-10H2,1-3H3. The molecule has 4 heteroatoms. The summed E-state index contributed by atoms with van der Waals surface area (Å²) in [6.07, 6.45) is 0.938. The number of aromatic nitrogens is 1. The monoisotopic (exact) mass is 260 g/mol. The Kier molecular flexibility index (Phi) is 4.58. The van der Waals surface area contributed by atoms with Gasteiger partial charge in [0.05, 0.1) is 12.8 Å². The molecular formula is C15H20N2O2. The topological polar surface area (TPSA) is 47.3 Å². The highest BCUT2D eigenvalue weighted by Gasteiger charge is 2.08. The van der Waals surface area contributed by atoms with Gasteiger partial charge in [0.15, 0.2) is 0 Å². The van der Waals surface area contributed by atoms with Crippen molar-refractivity contribution in [2.24, 2.45) is 0 Å². The van der Waals surface area contributed by atoms with Gasteiger partial charge in [0.1, 0.15) is 11.5 Å². The Bertz CT molecular complexity index is 515. The number of hydrogen-bond acceptors (Lipinski definition) is 4. The van der Waals surface area contributed by atoms with Gasteiger partial charge in [-0.25, -0.2) is 0 Å². The molecule has 0 aliphatic carbocycles. The minimum Gasteiger partial charge on any atom is -0.496 e. The van der Waals surface area contributed by atoms with Gasteiger partial charge in [-0.2, -0.15) is 0 Å². The van der Waals surface area contributed by atoms with Gasteiger partial charge in [-0.15, -0.1) is 0 Å². The van der Waals surface area contributed by atoms with E-state index < -0.39 is 0 Å². The summed E-state index contributed by atoms with van der Waals surface area (Å²) in [6.45, 7) is 5.59. The van der Waals surface area contributed by atoms with E-state index in [4.69, 9.17) is 9.26 Å². The normalized spacial score (nSPS) is 10.7. The second-order valence-corrected chi connectivity index (χ2v) is 4.54. The SMILES string of the molecule is COc1ccccc1CCNCc1c(C)noc1C. The lowest BCUT2D eigenvalue weighted by molar-refractivity contribution is 0.392. The molecule has 1 heterocycles. The number of ether oxygens (including phenoxy) is 1. The molecule has 0 bridgehead atoms. The largest absolute Gasteiger partial charge is 0.496 e. The van der Waals surface area contributed by atoms with Crippen LogP contribution < -0.4 is 10.1 Å². The molecule has 0 aliphatic rings. The molecular weight excluding hydrogens is 240 g/mol. The first-order valence-corrected chi connectivity index (χ1v) is 6.46. The Labute approximate surface area is 113 Å². The Morgan fingerprint density at radius 2 is 2.05 bits per heavy atom. The zero-order valence-corrected chi connectivity index (χ0v) is 11.7. The maximum absolute atomic E-state index is 5.33. The van der Waals surface area contributed by atoms with Crippen LogP contribution in [0.5, 0.6) is 5.75 Å². The van der Waals surface area contributed by atoms with Gasteiger partial charge < -0.3 is 14.6 Å². The molecule has 0 amide bonds. The van der Waals surface area contributed by atoms with Crippen molar-refractivity contribution in [1.82, 2.24) is 10.5 Å². The summed E-state index contributed by atoms with van der Waals surface area (Å²) in [7, 11) is 1.70. The highest BCUT2D eigenvalue weighted by atomic mass is 16.5.